The van der Waals surface area contributed by atoms with Crippen LogP contribution in [-0.4, -0.2) is 4.98 Å². The number of rotatable bonds is 2. The molecular formula is C15H11BrFN. The van der Waals surface area contributed by atoms with Gasteiger partial charge < -0.3 is 4.98 Å². The first kappa shape index (κ1) is 11.5. The van der Waals surface area contributed by atoms with E-state index in [0.717, 1.165) is 27.4 Å². The van der Waals surface area contributed by atoms with Gasteiger partial charge in [0.2, 0.25) is 0 Å². The Morgan fingerprint density at radius 3 is 2.72 bits per heavy atom. The van der Waals surface area contributed by atoms with E-state index in [1.807, 2.05) is 24.4 Å². The summed E-state index contributed by atoms with van der Waals surface area (Å²) >= 11 is 3.54. The van der Waals surface area contributed by atoms with Crippen LogP contribution in [0.4, 0.5) is 4.39 Å². The molecule has 0 amide bonds. The number of aromatic nitrogens is 1. The fraction of sp³-hybridized carbons (Fsp3) is 0.0667. The summed E-state index contributed by atoms with van der Waals surface area (Å²) in [4.78, 5) is 3.17. The van der Waals surface area contributed by atoms with Crippen molar-refractivity contribution in [2.45, 2.75) is 6.42 Å². The van der Waals surface area contributed by atoms with E-state index >= 15 is 0 Å². The molecule has 0 aliphatic rings. The molecule has 3 heteroatoms. The van der Waals surface area contributed by atoms with Crippen molar-refractivity contribution < 1.29 is 4.39 Å². The molecule has 3 rings (SSSR count). The quantitative estimate of drug-likeness (QED) is 0.708. The summed E-state index contributed by atoms with van der Waals surface area (Å²) in [6, 6.07) is 12.9. The van der Waals surface area contributed by atoms with Gasteiger partial charge >= 0.3 is 0 Å². The summed E-state index contributed by atoms with van der Waals surface area (Å²) in [6.07, 6.45) is 2.73. The summed E-state index contributed by atoms with van der Waals surface area (Å²) in [7, 11) is 0. The van der Waals surface area contributed by atoms with Crippen LogP contribution in [0.25, 0.3) is 10.9 Å². The summed E-state index contributed by atoms with van der Waals surface area (Å²) < 4.78 is 14.4. The van der Waals surface area contributed by atoms with Crippen molar-refractivity contribution in [2.75, 3.05) is 0 Å². The maximum Gasteiger partial charge on any atom is 0.123 e. The Morgan fingerprint density at radius 2 is 1.89 bits per heavy atom. The number of aromatic amines is 1. The van der Waals surface area contributed by atoms with Crippen LogP contribution in [0.3, 0.4) is 0 Å². The van der Waals surface area contributed by atoms with Crippen LogP contribution in [0, 0.1) is 5.82 Å². The van der Waals surface area contributed by atoms with Crippen molar-refractivity contribution in [3.05, 3.63) is 70.1 Å². The number of hydrogen-bond acceptors (Lipinski definition) is 0. The molecule has 3 aromatic rings. The van der Waals surface area contributed by atoms with E-state index < -0.39 is 0 Å². The average Bonchev–Trinajstić information content (AvgIpc) is 2.75. The summed E-state index contributed by atoms with van der Waals surface area (Å²) in [6.45, 7) is 0. The van der Waals surface area contributed by atoms with Gasteiger partial charge in [0.05, 0.1) is 0 Å². The summed E-state index contributed by atoms with van der Waals surface area (Å²) in [5.41, 5.74) is 3.28. The molecule has 1 heterocycles. The molecule has 0 radical (unpaired) electrons. The van der Waals surface area contributed by atoms with Crippen LogP contribution < -0.4 is 0 Å². The third-order valence-corrected chi connectivity index (χ3v) is 3.84. The van der Waals surface area contributed by atoms with Gasteiger partial charge in [0, 0.05) is 28.0 Å². The first-order valence-electron chi connectivity index (χ1n) is 5.73. The van der Waals surface area contributed by atoms with Crippen molar-refractivity contribution in [2.24, 2.45) is 0 Å². The van der Waals surface area contributed by atoms with Crippen LogP contribution in [-0.2, 0) is 6.42 Å². The second kappa shape index (κ2) is 4.58. The topological polar surface area (TPSA) is 15.8 Å². The summed E-state index contributed by atoms with van der Waals surface area (Å²) in [5, 5.41) is 0.950. The molecule has 0 saturated heterocycles. The number of benzene rings is 2. The Morgan fingerprint density at radius 1 is 1.06 bits per heavy atom. The second-order valence-corrected chi connectivity index (χ2v) is 5.13. The van der Waals surface area contributed by atoms with Crippen LogP contribution >= 0.6 is 15.9 Å². The minimum Gasteiger partial charge on any atom is -0.361 e. The summed E-state index contributed by atoms with van der Waals surface area (Å²) in [5.74, 6) is -0.199. The number of halogens is 2. The van der Waals surface area contributed by atoms with Gasteiger partial charge in [-0.05, 0) is 35.4 Å². The molecule has 1 N–H and O–H groups in total. The van der Waals surface area contributed by atoms with Gasteiger partial charge in [-0.25, -0.2) is 4.39 Å². The average molecular weight is 304 g/mol. The lowest BCUT2D eigenvalue weighted by Gasteiger charge is -2.03. The number of nitrogens with one attached hydrogen (secondary N) is 1. The van der Waals surface area contributed by atoms with Crippen LogP contribution in [0.15, 0.2) is 53.1 Å². The van der Waals surface area contributed by atoms with Gasteiger partial charge in [0.25, 0.3) is 0 Å². The predicted molar refractivity (Wildman–Crippen MR) is 75.2 cm³/mol. The Kier molecular flexibility index (Phi) is 2.92. The van der Waals surface area contributed by atoms with Crippen LogP contribution in [0.5, 0.6) is 0 Å². The predicted octanol–water partition coefficient (Wildman–Crippen LogP) is 4.66. The molecule has 1 nitrogen and oxygen atoms in total. The second-order valence-electron chi connectivity index (χ2n) is 4.27. The molecule has 0 bridgehead atoms. The van der Waals surface area contributed by atoms with E-state index in [0.29, 0.717) is 0 Å². The van der Waals surface area contributed by atoms with Crippen LogP contribution in [0.1, 0.15) is 11.1 Å². The lowest BCUT2D eigenvalue weighted by atomic mass is 10.0. The van der Waals surface area contributed by atoms with Gasteiger partial charge in [-0.2, -0.15) is 0 Å². The maximum absolute atomic E-state index is 13.3. The van der Waals surface area contributed by atoms with Crippen molar-refractivity contribution in [1.82, 2.24) is 4.98 Å². The van der Waals surface area contributed by atoms with Gasteiger partial charge in [-0.15, -0.1) is 0 Å². The molecule has 1 aromatic heterocycles. The Labute approximate surface area is 113 Å². The highest BCUT2D eigenvalue weighted by Crippen LogP contribution is 2.25. The lowest BCUT2D eigenvalue weighted by molar-refractivity contribution is 0.629. The molecule has 0 spiro atoms. The zero-order chi connectivity index (χ0) is 12.5. The minimum absolute atomic E-state index is 0.199. The zero-order valence-corrected chi connectivity index (χ0v) is 11.2. The fourth-order valence-electron chi connectivity index (χ4n) is 2.14. The van der Waals surface area contributed by atoms with Gasteiger partial charge in [0.15, 0.2) is 0 Å². The number of hydrogen-bond donors (Lipinski definition) is 1. The van der Waals surface area contributed by atoms with Crippen molar-refractivity contribution in [3.8, 4) is 0 Å². The van der Waals surface area contributed by atoms with E-state index in [2.05, 4.69) is 27.0 Å². The molecule has 0 aliphatic heterocycles. The van der Waals surface area contributed by atoms with Crippen molar-refractivity contribution in [1.29, 1.82) is 0 Å². The van der Waals surface area contributed by atoms with Crippen molar-refractivity contribution in [3.63, 3.8) is 0 Å². The molecule has 18 heavy (non-hydrogen) atoms. The first-order chi connectivity index (χ1) is 8.74. The van der Waals surface area contributed by atoms with E-state index in [1.54, 1.807) is 12.1 Å². The molecule has 2 aromatic carbocycles. The zero-order valence-electron chi connectivity index (χ0n) is 9.58. The van der Waals surface area contributed by atoms with Gasteiger partial charge in [0.1, 0.15) is 5.82 Å². The molecule has 0 fully saturated rings. The number of H-pyrrole nitrogens is 1. The molecule has 90 valence electrons. The van der Waals surface area contributed by atoms with Crippen molar-refractivity contribution >= 4 is 26.8 Å². The third kappa shape index (κ3) is 2.06. The van der Waals surface area contributed by atoms with Gasteiger partial charge in [-0.3, -0.25) is 0 Å². The number of fused-ring (bicyclic) bond motifs is 1. The Bertz CT molecular complexity index is 703. The van der Waals surface area contributed by atoms with E-state index in [4.69, 9.17) is 0 Å². The lowest BCUT2D eigenvalue weighted by Crippen LogP contribution is -1.88. The maximum atomic E-state index is 13.3. The smallest absolute Gasteiger partial charge is 0.123 e. The van der Waals surface area contributed by atoms with Gasteiger partial charge in [-0.1, -0.05) is 34.1 Å². The molecule has 0 unspecified atom stereocenters. The standard InChI is InChI=1S/C15H11BrFN/c16-14-4-2-1-3-10(14)7-11-9-18-15-6-5-12(17)8-13(11)15/h1-6,8-9,18H,7H2. The first-order valence-corrected chi connectivity index (χ1v) is 6.52. The van der Waals surface area contributed by atoms with E-state index in [-0.39, 0.29) is 5.82 Å². The molecule has 0 aliphatic carbocycles. The van der Waals surface area contributed by atoms with Crippen LogP contribution in [0.2, 0.25) is 0 Å². The third-order valence-electron chi connectivity index (χ3n) is 3.07. The minimum atomic E-state index is -0.199. The monoisotopic (exact) mass is 303 g/mol. The van der Waals surface area contributed by atoms with E-state index in [1.165, 1.54) is 11.6 Å². The SMILES string of the molecule is Fc1ccc2[nH]cc(Cc3ccccc3Br)c2c1. The van der Waals surface area contributed by atoms with E-state index in [9.17, 15) is 4.39 Å². The highest BCUT2D eigenvalue weighted by atomic mass is 79.9. The largest absolute Gasteiger partial charge is 0.361 e. The molecular weight excluding hydrogens is 293 g/mol. The highest BCUT2D eigenvalue weighted by Gasteiger charge is 2.07. The highest BCUT2D eigenvalue weighted by molar-refractivity contribution is 9.10. The Balaban J connectivity index is 2.05. The normalized spacial score (nSPS) is 11.0. The fourth-order valence-corrected chi connectivity index (χ4v) is 2.57. The Hall–Kier alpha value is -1.61. The molecule has 0 atom stereocenters. The molecule has 0 saturated carbocycles.